The summed E-state index contributed by atoms with van der Waals surface area (Å²) in [6, 6.07) is 8.60. The van der Waals surface area contributed by atoms with Gasteiger partial charge in [-0.3, -0.25) is 9.69 Å². The van der Waals surface area contributed by atoms with Crippen LogP contribution in [0.2, 0.25) is 0 Å². The third-order valence-electron chi connectivity index (χ3n) is 3.96. The molecule has 1 amide bonds. The summed E-state index contributed by atoms with van der Waals surface area (Å²) < 4.78 is 11.2. The van der Waals surface area contributed by atoms with Crippen LogP contribution in [0.5, 0.6) is 5.75 Å². The number of hydrogen-bond donors (Lipinski definition) is 1. The highest BCUT2D eigenvalue weighted by Gasteiger charge is 2.36. The first kappa shape index (κ1) is 16.1. The molecule has 2 aromatic rings. The topological polar surface area (TPSA) is 80.0 Å². The summed E-state index contributed by atoms with van der Waals surface area (Å²) in [4.78, 5) is 25.3. The van der Waals surface area contributed by atoms with Gasteiger partial charge in [0.15, 0.2) is 6.10 Å². The number of anilines is 1. The van der Waals surface area contributed by atoms with Gasteiger partial charge in [0, 0.05) is 0 Å². The lowest BCUT2D eigenvalue weighted by Crippen LogP contribution is -2.47. The molecule has 6 heteroatoms. The molecule has 0 saturated heterocycles. The molecule has 0 aliphatic carbocycles. The number of carboxylic acid groups (broad SMARTS) is 1. The molecule has 24 heavy (non-hydrogen) atoms. The maximum atomic E-state index is 12.8. The molecule has 0 fully saturated rings. The van der Waals surface area contributed by atoms with Gasteiger partial charge in [0.25, 0.3) is 5.91 Å². The van der Waals surface area contributed by atoms with Crippen LogP contribution in [0.4, 0.5) is 5.69 Å². The first-order chi connectivity index (χ1) is 11.4. The number of carbonyl (C=O) groups excluding carboxylic acids is 1. The Morgan fingerprint density at radius 3 is 2.67 bits per heavy atom. The van der Waals surface area contributed by atoms with E-state index in [4.69, 9.17) is 14.3 Å². The van der Waals surface area contributed by atoms with E-state index in [0.717, 1.165) is 5.56 Å². The predicted octanol–water partition coefficient (Wildman–Crippen LogP) is 3.24. The minimum Gasteiger partial charge on any atom is -0.478 e. The molecular formula is C18H19NO5. The number of carbonyl (C=O) groups is 2. The second kappa shape index (κ2) is 6.03. The highest BCUT2D eigenvalue weighted by molar-refractivity contribution is 6.00. The first-order valence-electron chi connectivity index (χ1n) is 7.77. The third kappa shape index (κ3) is 2.87. The first-order valence-corrected chi connectivity index (χ1v) is 7.77. The fourth-order valence-corrected chi connectivity index (χ4v) is 2.72. The number of rotatable bonds is 4. The van der Waals surface area contributed by atoms with Gasteiger partial charge in [-0.25, -0.2) is 4.79 Å². The molecule has 0 spiro atoms. The van der Waals surface area contributed by atoms with Gasteiger partial charge >= 0.3 is 5.97 Å². The van der Waals surface area contributed by atoms with Gasteiger partial charge in [0.1, 0.15) is 11.5 Å². The lowest BCUT2D eigenvalue weighted by molar-refractivity contribution is -0.128. The van der Waals surface area contributed by atoms with E-state index < -0.39 is 12.1 Å². The predicted molar refractivity (Wildman–Crippen MR) is 87.3 cm³/mol. The summed E-state index contributed by atoms with van der Waals surface area (Å²) in [6.45, 7) is 5.98. The fourth-order valence-electron chi connectivity index (χ4n) is 2.72. The zero-order valence-corrected chi connectivity index (χ0v) is 13.8. The maximum Gasteiger partial charge on any atom is 0.371 e. The number of hydrogen-bond acceptors (Lipinski definition) is 4. The standard InChI is InChI=1S/C18H19NO5/c1-10(2)16-17(20)19(9-12-5-7-14(23-12)18(21)22)13-6-4-11(3)8-15(13)24-16/h4-8,10,16H,9H2,1-3H3,(H,21,22). The van der Waals surface area contributed by atoms with Crippen LogP contribution in [0.15, 0.2) is 34.7 Å². The van der Waals surface area contributed by atoms with Crippen LogP contribution in [0.3, 0.4) is 0 Å². The molecular weight excluding hydrogens is 310 g/mol. The molecule has 1 atom stereocenters. The van der Waals surface area contributed by atoms with Crippen LogP contribution in [-0.2, 0) is 11.3 Å². The Labute approximate surface area is 139 Å². The van der Waals surface area contributed by atoms with Crippen LogP contribution >= 0.6 is 0 Å². The molecule has 126 valence electrons. The van der Waals surface area contributed by atoms with Crippen molar-refractivity contribution in [2.75, 3.05) is 4.90 Å². The normalized spacial score (nSPS) is 16.9. The zero-order chi connectivity index (χ0) is 17.4. The number of benzene rings is 1. The molecule has 1 N–H and O–H groups in total. The molecule has 6 nitrogen and oxygen atoms in total. The molecule has 0 bridgehead atoms. The Hall–Kier alpha value is -2.76. The second-order valence-electron chi connectivity index (χ2n) is 6.25. The lowest BCUT2D eigenvalue weighted by atomic mass is 10.0. The average Bonchev–Trinajstić information content (AvgIpc) is 2.98. The molecule has 0 saturated carbocycles. The fraction of sp³-hybridized carbons (Fsp3) is 0.333. The monoisotopic (exact) mass is 329 g/mol. The van der Waals surface area contributed by atoms with E-state index >= 15 is 0 Å². The minimum atomic E-state index is -1.13. The lowest BCUT2D eigenvalue weighted by Gasteiger charge is -2.35. The van der Waals surface area contributed by atoms with Crippen molar-refractivity contribution in [2.45, 2.75) is 33.4 Å². The van der Waals surface area contributed by atoms with E-state index in [9.17, 15) is 9.59 Å². The Morgan fingerprint density at radius 1 is 1.29 bits per heavy atom. The Kier molecular flexibility index (Phi) is 4.05. The van der Waals surface area contributed by atoms with Gasteiger partial charge in [-0.05, 0) is 42.7 Å². The quantitative estimate of drug-likeness (QED) is 0.931. The Balaban J connectivity index is 1.97. The maximum absolute atomic E-state index is 12.8. The Bertz CT molecular complexity index is 792. The van der Waals surface area contributed by atoms with Gasteiger partial charge in [-0.1, -0.05) is 19.9 Å². The molecule has 1 aromatic heterocycles. The van der Waals surface area contributed by atoms with Crippen LogP contribution in [0, 0.1) is 12.8 Å². The van der Waals surface area contributed by atoms with E-state index in [1.54, 1.807) is 11.0 Å². The molecule has 0 radical (unpaired) electrons. The van der Waals surface area contributed by atoms with Crippen LogP contribution < -0.4 is 9.64 Å². The van der Waals surface area contributed by atoms with Gasteiger partial charge in [0.05, 0.1) is 12.2 Å². The summed E-state index contributed by atoms with van der Waals surface area (Å²) in [6.07, 6.45) is -0.576. The summed E-state index contributed by atoms with van der Waals surface area (Å²) in [5.41, 5.74) is 1.70. The number of amides is 1. The summed E-state index contributed by atoms with van der Waals surface area (Å²) in [5.74, 6) is -0.356. The smallest absolute Gasteiger partial charge is 0.371 e. The zero-order valence-electron chi connectivity index (χ0n) is 13.8. The van der Waals surface area contributed by atoms with E-state index in [0.29, 0.717) is 17.2 Å². The van der Waals surface area contributed by atoms with E-state index in [1.807, 2.05) is 39.0 Å². The number of aromatic carboxylic acids is 1. The third-order valence-corrected chi connectivity index (χ3v) is 3.96. The van der Waals surface area contributed by atoms with E-state index in [1.165, 1.54) is 6.07 Å². The highest BCUT2D eigenvalue weighted by atomic mass is 16.5. The van der Waals surface area contributed by atoms with Gasteiger partial charge in [-0.2, -0.15) is 0 Å². The summed E-state index contributed by atoms with van der Waals surface area (Å²) in [5, 5.41) is 8.96. The van der Waals surface area contributed by atoms with Crippen molar-refractivity contribution >= 4 is 17.6 Å². The van der Waals surface area contributed by atoms with Gasteiger partial charge in [0.2, 0.25) is 5.76 Å². The molecule has 3 rings (SSSR count). The minimum absolute atomic E-state index is 0.0137. The summed E-state index contributed by atoms with van der Waals surface area (Å²) in [7, 11) is 0. The van der Waals surface area contributed by atoms with Crippen molar-refractivity contribution in [1.82, 2.24) is 0 Å². The summed E-state index contributed by atoms with van der Waals surface area (Å²) >= 11 is 0. The molecule has 1 aliphatic heterocycles. The largest absolute Gasteiger partial charge is 0.478 e. The number of carboxylic acids is 1. The average molecular weight is 329 g/mol. The van der Waals surface area contributed by atoms with Crippen molar-refractivity contribution in [3.8, 4) is 5.75 Å². The number of nitrogens with zero attached hydrogens (tertiary/aromatic N) is 1. The van der Waals surface area contributed by atoms with Gasteiger partial charge in [-0.15, -0.1) is 0 Å². The van der Waals surface area contributed by atoms with Crippen molar-refractivity contribution in [1.29, 1.82) is 0 Å². The van der Waals surface area contributed by atoms with Crippen molar-refractivity contribution in [3.05, 3.63) is 47.4 Å². The number of furan rings is 1. The van der Waals surface area contributed by atoms with Crippen molar-refractivity contribution in [2.24, 2.45) is 5.92 Å². The van der Waals surface area contributed by atoms with E-state index in [-0.39, 0.29) is 24.1 Å². The Morgan fingerprint density at radius 2 is 2.04 bits per heavy atom. The molecule has 1 aromatic carbocycles. The molecule has 1 aliphatic rings. The van der Waals surface area contributed by atoms with Crippen LogP contribution in [0.1, 0.15) is 35.7 Å². The number of fused-ring (bicyclic) bond motifs is 1. The number of aryl methyl sites for hydroxylation is 1. The second-order valence-corrected chi connectivity index (χ2v) is 6.25. The van der Waals surface area contributed by atoms with Gasteiger partial charge < -0.3 is 14.3 Å². The number of ether oxygens (including phenoxy) is 1. The van der Waals surface area contributed by atoms with Crippen molar-refractivity contribution in [3.63, 3.8) is 0 Å². The highest BCUT2D eigenvalue weighted by Crippen LogP contribution is 2.37. The van der Waals surface area contributed by atoms with Crippen LogP contribution in [-0.4, -0.2) is 23.1 Å². The SMILES string of the molecule is Cc1ccc2c(c1)OC(C(C)C)C(=O)N2Cc1ccc(C(=O)O)o1. The molecule has 2 heterocycles. The molecule has 1 unspecified atom stereocenters. The van der Waals surface area contributed by atoms with Crippen LogP contribution in [0.25, 0.3) is 0 Å². The van der Waals surface area contributed by atoms with Crippen molar-refractivity contribution < 1.29 is 23.8 Å². The van der Waals surface area contributed by atoms with E-state index in [2.05, 4.69) is 0 Å².